The lowest BCUT2D eigenvalue weighted by Gasteiger charge is -2.28. The van der Waals surface area contributed by atoms with E-state index in [1.807, 2.05) is 18.2 Å². The highest BCUT2D eigenvalue weighted by atomic mass is 35.5. The molecule has 0 radical (unpaired) electrons. The Morgan fingerprint density at radius 2 is 1.69 bits per heavy atom. The zero-order valence-corrected chi connectivity index (χ0v) is 14.9. The van der Waals surface area contributed by atoms with Gasteiger partial charge in [-0.05, 0) is 24.3 Å². The maximum Gasteiger partial charge on any atom is 0.338 e. The van der Waals surface area contributed by atoms with Crippen molar-refractivity contribution in [1.29, 1.82) is 0 Å². The highest BCUT2D eigenvalue weighted by Crippen LogP contribution is 2.40. The van der Waals surface area contributed by atoms with Crippen LogP contribution in [0, 0.1) is 0 Å². The predicted molar refractivity (Wildman–Crippen MR) is 97.8 cm³/mol. The standard InChI is InChI=1S/C19H13Cl2NO4/c20-13-4-1-11(2-5-13)19(25-7-8-26-19)12-3-6-16-14(9-12)17(21)15(10-22-16)18(23)24/h1-6,9-10H,7-8H2,(H,23,24). The second-order valence-corrected chi connectivity index (χ2v) is 6.66. The Kier molecular flexibility index (Phi) is 4.32. The van der Waals surface area contributed by atoms with E-state index >= 15 is 0 Å². The summed E-state index contributed by atoms with van der Waals surface area (Å²) in [4.78, 5) is 15.5. The van der Waals surface area contributed by atoms with Crippen molar-refractivity contribution in [2.24, 2.45) is 0 Å². The first kappa shape index (κ1) is 17.2. The zero-order chi connectivity index (χ0) is 18.3. The minimum absolute atomic E-state index is 0.0508. The number of carboxylic acids is 1. The first-order chi connectivity index (χ1) is 12.5. The van der Waals surface area contributed by atoms with Gasteiger partial charge in [-0.15, -0.1) is 0 Å². The Labute approximate surface area is 159 Å². The van der Waals surface area contributed by atoms with E-state index in [1.165, 1.54) is 6.20 Å². The van der Waals surface area contributed by atoms with Crippen molar-refractivity contribution < 1.29 is 19.4 Å². The van der Waals surface area contributed by atoms with E-state index in [9.17, 15) is 9.90 Å². The third-order valence-corrected chi connectivity index (χ3v) is 4.99. The van der Waals surface area contributed by atoms with Gasteiger partial charge in [-0.1, -0.05) is 41.4 Å². The van der Waals surface area contributed by atoms with Gasteiger partial charge in [0.25, 0.3) is 0 Å². The lowest BCUT2D eigenvalue weighted by molar-refractivity contribution is -0.129. The Balaban J connectivity index is 1.92. The number of halogens is 2. The molecule has 1 aliphatic heterocycles. The predicted octanol–water partition coefficient (Wildman–Crippen LogP) is 4.49. The third kappa shape index (κ3) is 2.73. The van der Waals surface area contributed by atoms with Gasteiger partial charge < -0.3 is 14.6 Å². The summed E-state index contributed by atoms with van der Waals surface area (Å²) in [5, 5.41) is 10.5. The molecule has 1 aliphatic rings. The molecule has 26 heavy (non-hydrogen) atoms. The highest BCUT2D eigenvalue weighted by Gasteiger charge is 2.41. The summed E-state index contributed by atoms with van der Waals surface area (Å²) < 4.78 is 11.9. The molecule has 0 saturated carbocycles. The summed E-state index contributed by atoms with van der Waals surface area (Å²) in [5.74, 6) is -2.22. The summed E-state index contributed by atoms with van der Waals surface area (Å²) >= 11 is 12.3. The number of aromatic nitrogens is 1. The van der Waals surface area contributed by atoms with Crippen LogP contribution in [0.1, 0.15) is 21.5 Å². The number of hydrogen-bond acceptors (Lipinski definition) is 4. The topological polar surface area (TPSA) is 68.7 Å². The minimum atomic E-state index is -1.13. The van der Waals surface area contributed by atoms with Crippen molar-refractivity contribution in [3.05, 3.63) is 75.4 Å². The summed E-state index contributed by atoms with van der Waals surface area (Å²) in [6.45, 7) is 0.865. The quantitative estimate of drug-likeness (QED) is 0.714. The van der Waals surface area contributed by atoms with E-state index < -0.39 is 11.8 Å². The Hall–Kier alpha value is -2.18. The van der Waals surface area contributed by atoms with Crippen LogP contribution in [0.2, 0.25) is 10.0 Å². The number of nitrogens with zero attached hydrogens (tertiary/aromatic N) is 1. The molecule has 0 spiro atoms. The van der Waals surface area contributed by atoms with Gasteiger partial charge in [-0.3, -0.25) is 4.98 Å². The molecule has 132 valence electrons. The van der Waals surface area contributed by atoms with Crippen molar-refractivity contribution in [3.8, 4) is 0 Å². The summed E-state index contributed by atoms with van der Waals surface area (Å²) in [6, 6.07) is 12.6. The first-order valence-electron chi connectivity index (χ1n) is 7.87. The SMILES string of the molecule is O=C(O)c1cnc2ccc(C3(c4ccc(Cl)cc4)OCCO3)cc2c1Cl. The van der Waals surface area contributed by atoms with Crippen molar-refractivity contribution in [2.45, 2.75) is 5.79 Å². The van der Waals surface area contributed by atoms with Crippen LogP contribution in [0.3, 0.4) is 0 Å². The van der Waals surface area contributed by atoms with Gasteiger partial charge in [0, 0.05) is 27.7 Å². The van der Waals surface area contributed by atoms with Crippen LogP contribution in [0.5, 0.6) is 0 Å². The number of benzene rings is 2. The van der Waals surface area contributed by atoms with Gasteiger partial charge >= 0.3 is 5.97 Å². The Bertz CT molecular complexity index is 998. The van der Waals surface area contributed by atoms with Crippen LogP contribution in [0.4, 0.5) is 0 Å². The molecule has 0 atom stereocenters. The molecule has 1 saturated heterocycles. The highest BCUT2D eigenvalue weighted by molar-refractivity contribution is 6.38. The van der Waals surface area contributed by atoms with Crippen LogP contribution >= 0.6 is 23.2 Å². The number of fused-ring (bicyclic) bond motifs is 1. The fourth-order valence-corrected chi connectivity index (χ4v) is 3.50. The molecular formula is C19H13Cl2NO4. The molecule has 1 fully saturated rings. The molecule has 3 aromatic rings. The molecule has 0 amide bonds. The fraction of sp³-hybridized carbons (Fsp3) is 0.158. The maximum atomic E-state index is 11.3. The van der Waals surface area contributed by atoms with E-state index in [4.69, 9.17) is 32.7 Å². The Morgan fingerprint density at radius 1 is 1.04 bits per heavy atom. The zero-order valence-electron chi connectivity index (χ0n) is 13.4. The maximum absolute atomic E-state index is 11.3. The number of hydrogen-bond donors (Lipinski definition) is 1. The van der Waals surface area contributed by atoms with Crippen molar-refractivity contribution in [2.75, 3.05) is 13.2 Å². The van der Waals surface area contributed by atoms with Gasteiger partial charge in [-0.2, -0.15) is 0 Å². The molecule has 0 bridgehead atoms. The Morgan fingerprint density at radius 3 is 2.35 bits per heavy atom. The van der Waals surface area contributed by atoms with Crippen molar-refractivity contribution >= 4 is 40.1 Å². The lowest BCUT2D eigenvalue weighted by Crippen LogP contribution is -2.28. The molecule has 0 aliphatic carbocycles. The second-order valence-electron chi connectivity index (χ2n) is 5.84. The fourth-order valence-electron chi connectivity index (χ4n) is 3.10. The van der Waals surface area contributed by atoms with E-state index in [0.29, 0.717) is 34.7 Å². The van der Waals surface area contributed by atoms with Gasteiger partial charge in [0.1, 0.15) is 0 Å². The summed E-state index contributed by atoms with van der Waals surface area (Å²) in [6.07, 6.45) is 1.25. The van der Waals surface area contributed by atoms with Gasteiger partial charge in [0.05, 0.1) is 29.3 Å². The normalized spacial score (nSPS) is 16.1. The smallest absolute Gasteiger partial charge is 0.338 e. The molecule has 1 N–H and O–H groups in total. The van der Waals surface area contributed by atoms with Gasteiger partial charge in [0.2, 0.25) is 5.79 Å². The van der Waals surface area contributed by atoms with Crippen LogP contribution in [0.25, 0.3) is 10.9 Å². The number of aromatic carboxylic acids is 1. The van der Waals surface area contributed by atoms with E-state index in [-0.39, 0.29) is 10.6 Å². The first-order valence-corrected chi connectivity index (χ1v) is 8.63. The minimum Gasteiger partial charge on any atom is -0.478 e. The number of carboxylic acid groups (broad SMARTS) is 1. The largest absolute Gasteiger partial charge is 0.478 e. The van der Waals surface area contributed by atoms with Crippen LogP contribution in [-0.4, -0.2) is 29.3 Å². The molecular weight excluding hydrogens is 377 g/mol. The van der Waals surface area contributed by atoms with E-state index in [1.54, 1.807) is 24.3 Å². The third-order valence-electron chi connectivity index (χ3n) is 4.33. The van der Waals surface area contributed by atoms with E-state index in [0.717, 1.165) is 5.56 Å². The number of rotatable bonds is 3. The molecule has 0 unspecified atom stereocenters. The summed E-state index contributed by atoms with van der Waals surface area (Å²) in [5.41, 5.74) is 2.03. The molecule has 2 aromatic carbocycles. The van der Waals surface area contributed by atoms with Crippen LogP contribution in [0.15, 0.2) is 48.7 Å². The molecule has 1 aromatic heterocycles. The van der Waals surface area contributed by atoms with E-state index in [2.05, 4.69) is 4.98 Å². The molecule has 4 rings (SSSR count). The van der Waals surface area contributed by atoms with Crippen LogP contribution in [-0.2, 0) is 15.3 Å². The number of ether oxygens (including phenoxy) is 2. The van der Waals surface area contributed by atoms with Gasteiger partial charge in [0.15, 0.2) is 0 Å². The molecule has 2 heterocycles. The second kappa shape index (κ2) is 6.52. The molecule has 5 nitrogen and oxygen atoms in total. The van der Waals surface area contributed by atoms with Crippen molar-refractivity contribution in [1.82, 2.24) is 4.98 Å². The van der Waals surface area contributed by atoms with Crippen LogP contribution < -0.4 is 0 Å². The van der Waals surface area contributed by atoms with Crippen molar-refractivity contribution in [3.63, 3.8) is 0 Å². The number of carbonyl (C=O) groups is 1. The molecule has 7 heteroatoms. The monoisotopic (exact) mass is 389 g/mol. The lowest BCUT2D eigenvalue weighted by atomic mass is 9.95. The summed E-state index contributed by atoms with van der Waals surface area (Å²) in [7, 11) is 0. The average molecular weight is 390 g/mol. The number of pyridine rings is 1. The average Bonchev–Trinajstić information content (AvgIpc) is 3.13. The van der Waals surface area contributed by atoms with Gasteiger partial charge in [-0.25, -0.2) is 4.79 Å².